The van der Waals surface area contributed by atoms with Gasteiger partial charge in [0.25, 0.3) is 0 Å². The van der Waals surface area contributed by atoms with Gasteiger partial charge in [-0.2, -0.15) is 0 Å². The second-order valence-corrected chi connectivity index (χ2v) is 5.44. The van der Waals surface area contributed by atoms with Crippen molar-refractivity contribution in [1.29, 1.82) is 0 Å². The molecule has 0 amide bonds. The molecule has 4 nitrogen and oxygen atoms in total. The lowest BCUT2D eigenvalue weighted by molar-refractivity contribution is -0.167. The van der Waals surface area contributed by atoms with Gasteiger partial charge in [0.05, 0.1) is 7.11 Å². The van der Waals surface area contributed by atoms with E-state index in [-0.39, 0.29) is 11.8 Å². The topological polar surface area (TPSA) is 66.8 Å². The Labute approximate surface area is 113 Å². The van der Waals surface area contributed by atoms with Crippen molar-refractivity contribution in [3.63, 3.8) is 0 Å². The minimum absolute atomic E-state index is 0.354. The van der Waals surface area contributed by atoms with Gasteiger partial charge >= 0.3 is 5.97 Å². The minimum atomic E-state index is -1.72. The van der Waals surface area contributed by atoms with Gasteiger partial charge < -0.3 is 14.9 Å². The van der Waals surface area contributed by atoms with Crippen LogP contribution in [0.3, 0.4) is 0 Å². The molecule has 1 aliphatic rings. The lowest BCUT2D eigenvalue weighted by atomic mass is 9.75. The summed E-state index contributed by atoms with van der Waals surface area (Å²) in [6, 6.07) is 5.68. The van der Waals surface area contributed by atoms with E-state index >= 15 is 0 Å². The van der Waals surface area contributed by atoms with Crippen molar-refractivity contribution in [3.05, 3.63) is 29.3 Å². The first kappa shape index (κ1) is 13.9. The molecule has 2 rings (SSSR count). The maximum absolute atomic E-state index is 11.5. The van der Waals surface area contributed by atoms with Crippen LogP contribution in [0.2, 0.25) is 0 Å². The Kier molecular flexibility index (Phi) is 3.54. The number of benzene rings is 1. The predicted octanol–water partition coefficient (Wildman–Crippen LogP) is 2.20. The highest BCUT2D eigenvalue weighted by Gasteiger charge is 2.49. The highest BCUT2D eigenvalue weighted by atomic mass is 16.5. The van der Waals surface area contributed by atoms with Crippen LogP contribution >= 0.6 is 0 Å². The molecule has 1 aromatic carbocycles. The molecule has 2 N–H and O–H groups in total. The molecule has 0 radical (unpaired) electrons. The molecule has 0 bridgehead atoms. The van der Waals surface area contributed by atoms with Crippen molar-refractivity contribution in [2.24, 2.45) is 5.92 Å². The number of carboxylic acids is 1. The number of carboxylic acid groups (broad SMARTS) is 1. The summed E-state index contributed by atoms with van der Waals surface area (Å²) in [5.74, 6) is -1.19. The normalized spacial score (nSPS) is 21.0. The Morgan fingerprint density at radius 2 is 2.16 bits per heavy atom. The number of aliphatic hydroxyl groups is 1. The number of rotatable bonds is 4. The SMILES string of the molecule is COc1ccc2c(c1)C(C(O)(C(=O)O)C(C)C)CC2. The van der Waals surface area contributed by atoms with Crippen LogP contribution in [0.5, 0.6) is 5.75 Å². The summed E-state index contributed by atoms with van der Waals surface area (Å²) in [7, 11) is 1.58. The molecule has 0 aliphatic heterocycles. The lowest BCUT2D eigenvalue weighted by Crippen LogP contribution is -2.48. The van der Waals surface area contributed by atoms with E-state index in [1.165, 1.54) is 0 Å². The van der Waals surface area contributed by atoms with Crippen LogP contribution in [0.4, 0.5) is 0 Å². The largest absolute Gasteiger partial charge is 0.497 e. The molecule has 0 heterocycles. The number of hydrogen-bond donors (Lipinski definition) is 2. The van der Waals surface area contributed by atoms with Gasteiger partial charge in [-0.05, 0) is 42.0 Å². The highest BCUT2D eigenvalue weighted by molar-refractivity contribution is 5.79. The van der Waals surface area contributed by atoms with Gasteiger partial charge in [0.2, 0.25) is 0 Å². The monoisotopic (exact) mass is 264 g/mol. The third kappa shape index (κ3) is 2.10. The molecule has 2 unspecified atom stereocenters. The van der Waals surface area contributed by atoms with Gasteiger partial charge in [-0.1, -0.05) is 19.9 Å². The summed E-state index contributed by atoms with van der Waals surface area (Å²) in [5, 5.41) is 20.1. The number of ether oxygens (including phenoxy) is 1. The van der Waals surface area contributed by atoms with E-state index in [0.717, 1.165) is 17.5 Å². The van der Waals surface area contributed by atoms with E-state index in [0.29, 0.717) is 12.2 Å². The molecule has 0 aromatic heterocycles. The van der Waals surface area contributed by atoms with Gasteiger partial charge in [0.15, 0.2) is 5.60 Å². The van der Waals surface area contributed by atoms with Crippen molar-refractivity contribution in [3.8, 4) is 5.75 Å². The summed E-state index contributed by atoms with van der Waals surface area (Å²) < 4.78 is 5.19. The summed E-state index contributed by atoms with van der Waals surface area (Å²) in [6.45, 7) is 3.48. The van der Waals surface area contributed by atoms with Crippen LogP contribution in [-0.2, 0) is 11.2 Å². The molecule has 1 aromatic rings. The van der Waals surface area contributed by atoms with Crippen LogP contribution in [0, 0.1) is 5.92 Å². The highest BCUT2D eigenvalue weighted by Crippen LogP contribution is 2.45. The molecule has 104 valence electrons. The molecule has 19 heavy (non-hydrogen) atoms. The Balaban J connectivity index is 2.48. The van der Waals surface area contributed by atoms with Gasteiger partial charge in [-0.25, -0.2) is 4.79 Å². The van der Waals surface area contributed by atoms with Crippen molar-refractivity contribution in [2.75, 3.05) is 7.11 Å². The third-order valence-corrected chi connectivity index (χ3v) is 4.18. The Morgan fingerprint density at radius 1 is 1.47 bits per heavy atom. The number of fused-ring (bicyclic) bond motifs is 1. The number of hydrogen-bond acceptors (Lipinski definition) is 3. The molecule has 4 heteroatoms. The number of methoxy groups -OCH3 is 1. The van der Waals surface area contributed by atoms with E-state index in [1.807, 2.05) is 18.2 Å². The molecule has 0 saturated carbocycles. The van der Waals surface area contributed by atoms with E-state index in [4.69, 9.17) is 4.74 Å². The summed E-state index contributed by atoms with van der Waals surface area (Å²) in [6.07, 6.45) is 1.45. The first-order chi connectivity index (χ1) is 8.91. The predicted molar refractivity (Wildman–Crippen MR) is 71.5 cm³/mol. The number of aryl methyl sites for hydroxylation is 1. The Bertz CT molecular complexity index is 495. The van der Waals surface area contributed by atoms with Crippen LogP contribution in [0.15, 0.2) is 18.2 Å². The average Bonchev–Trinajstić information content (AvgIpc) is 2.80. The van der Waals surface area contributed by atoms with E-state index in [9.17, 15) is 15.0 Å². The van der Waals surface area contributed by atoms with Crippen LogP contribution < -0.4 is 4.74 Å². The lowest BCUT2D eigenvalue weighted by Gasteiger charge is -2.34. The first-order valence-electron chi connectivity index (χ1n) is 6.53. The fourth-order valence-corrected chi connectivity index (χ4v) is 2.96. The average molecular weight is 264 g/mol. The molecule has 1 aliphatic carbocycles. The maximum Gasteiger partial charge on any atom is 0.336 e. The molecular weight excluding hydrogens is 244 g/mol. The van der Waals surface area contributed by atoms with Crippen LogP contribution in [-0.4, -0.2) is 28.9 Å². The second kappa shape index (κ2) is 4.85. The zero-order valence-electron chi connectivity index (χ0n) is 11.5. The second-order valence-electron chi connectivity index (χ2n) is 5.44. The van der Waals surface area contributed by atoms with Crippen molar-refractivity contribution >= 4 is 5.97 Å². The Hall–Kier alpha value is -1.55. The molecule has 0 saturated heterocycles. The molecule has 0 spiro atoms. The smallest absolute Gasteiger partial charge is 0.336 e. The summed E-state index contributed by atoms with van der Waals surface area (Å²) in [4.78, 5) is 11.5. The van der Waals surface area contributed by atoms with Gasteiger partial charge in [0.1, 0.15) is 5.75 Å². The van der Waals surface area contributed by atoms with E-state index in [2.05, 4.69) is 0 Å². The van der Waals surface area contributed by atoms with Crippen molar-refractivity contribution < 1.29 is 19.7 Å². The fraction of sp³-hybridized carbons (Fsp3) is 0.533. The van der Waals surface area contributed by atoms with Crippen molar-refractivity contribution in [2.45, 2.75) is 38.2 Å². The van der Waals surface area contributed by atoms with Gasteiger partial charge in [-0.15, -0.1) is 0 Å². The summed E-state index contributed by atoms with van der Waals surface area (Å²) in [5.41, 5.74) is 0.279. The quantitative estimate of drug-likeness (QED) is 0.875. The molecule has 2 atom stereocenters. The number of carbonyl (C=O) groups is 1. The minimum Gasteiger partial charge on any atom is -0.497 e. The first-order valence-corrected chi connectivity index (χ1v) is 6.53. The van der Waals surface area contributed by atoms with Crippen molar-refractivity contribution in [1.82, 2.24) is 0 Å². The standard InChI is InChI=1S/C15H20O4/c1-9(2)15(18,14(16)17)13-7-5-10-4-6-11(19-3)8-12(10)13/h4,6,8-9,13,18H,5,7H2,1-3H3,(H,16,17). The zero-order chi connectivity index (χ0) is 14.2. The van der Waals surface area contributed by atoms with E-state index < -0.39 is 11.6 Å². The summed E-state index contributed by atoms with van der Waals surface area (Å²) >= 11 is 0. The third-order valence-electron chi connectivity index (χ3n) is 4.18. The van der Waals surface area contributed by atoms with Gasteiger partial charge in [-0.3, -0.25) is 0 Å². The van der Waals surface area contributed by atoms with E-state index in [1.54, 1.807) is 21.0 Å². The maximum atomic E-state index is 11.5. The van der Waals surface area contributed by atoms with Crippen LogP contribution in [0.25, 0.3) is 0 Å². The number of aliphatic carboxylic acids is 1. The fourth-order valence-electron chi connectivity index (χ4n) is 2.96. The van der Waals surface area contributed by atoms with Gasteiger partial charge in [0, 0.05) is 5.92 Å². The van der Waals surface area contributed by atoms with Crippen LogP contribution in [0.1, 0.15) is 37.3 Å². The zero-order valence-corrected chi connectivity index (χ0v) is 11.5. The Morgan fingerprint density at radius 3 is 2.68 bits per heavy atom. The molecule has 0 fully saturated rings. The molecular formula is C15H20O4.